The van der Waals surface area contributed by atoms with Crippen molar-refractivity contribution in [2.24, 2.45) is 0 Å². The molecular formula is C22H29N3O2. The zero-order valence-corrected chi connectivity index (χ0v) is 16.0. The number of methoxy groups -OCH3 is 1. The molecule has 0 unspecified atom stereocenters. The first-order valence-corrected chi connectivity index (χ1v) is 9.61. The highest BCUT2D eigenvalue weighted by Crippen LogP contribution is 2.29. The van der Waals surface area contributed by atoms with Crippen LogP contribution in [0.2, 0.25) is 0 Å². The predicted molar refractivity (Wildman–Crippen MR) is 108 cm³/mol. The van der Waals surface area contributed by atoms with Crippen molar-refractivity contribution in [3.8, 4) is 0 Å². The van der Waals surface area contributed by atoms with Crippen LogP contribution >= 0.6 is 0 Å². The molecule has 0 bridgehead atoms. The maximum Gasteiger partial charge on any atom is 0.236 e. The summed E-state index contributed by atoms with van der Waals surface area (Å²) in [5.41, 5.74) is 2.59. The van der Waals surface area contributed by atoms with Crippen LogP contribution < -0.4 is 5.32 Å². The van der Waals surface area contributed by atoms with Crippen molar-refractivity contribution in [3.05, 3.63) is 71.8 Å². The SMILES string of the molecule is COCCNCC(=O)N1CCN(C(c2ccccc2)c2ccccc2)CC1. The van der Waals surface area contributed by atoms with Crippen LogP contribution in [0.3, 0.4) is 0 Å². The van der Waals surface area contributed by atoms with Crippen LogP contribution in [0.25, 0.3) is 0 Å². The van der Waals surface area contributed by atoms with Gasteiger partial charge >= 0.3 is 0 Å². The average Bonchev–Trinajstić information content (AvgIpc) is 2.73. The highest BCUT2D eigenvalue weighted by Gasteiger charge is 2.27. The van der Waals surface area contributed by atoms with Crippen molar-refractivity contribution < 1.29 is 9.53 Å². The summed E-state index contributed by atoms with van der Waals surface area (Å²) >= 11 is 0. The molecule has 0 saturated carbocycles. The van der Waals surface area contributed by atoms with E-state index in [1.807, 2.05) is 4.90 Å². The molecule has 27 heavy (non-hydrogen) atoms. The minimum absolute atomic E-state index is 0.168. The fourth-order valence-electron chi connectivity index (χ4n) is 3.60. The summed E-state index contributed by atoms with van der Waals surface area (Å²) in [5.74, 6) is 0.168. The monoisotopic (exact) mass is 367 g/mol. The van der Waals surface area contributed by atoms with Gasteiger partial charge in [0.2, 0.25) is 5.91 Å². The van der Waals surface area contributed by atoms with E-state index in [0.29, 0.717) is 19.7 Å². The summed E-state index contributed by atoms with van der Waals surface area (Å²) in [6.07, 6.45) is 0. The molecule has 0 aliphatic carbocycles. The molecule has 0 aromatic heterocycles. The van der Waals surface area contributed by atoms with Crippen LogP contribution in [0.5, 0.6) is 0 Å². The van der Waals surface area contributed by atoms with Gasteiger partial charge < -0.3 is 15.0 Å². The smallest absolute Gasteiger partial charge is 0.236 e. The highest BCUT2D eigenvalue weighted by atomic mass is 16.5. The Bertz CT molecular complexity index is 646. The molecule has 1 heterocycles. The first kappa shape index (κ1) is 19.5. The Morgan fingerprint density at radius 2 is 1.52 bits per heavy atom. The molecule has 0 spiro atoms. The lowest BCUT2D eigenvalue weighted by atomic mass is 9.96. The first-order valence-electron chi connectivity index (χ1n) is 9.61. The molecule has 1 aliphatic rings. The number of rotatable bonds is 8. The van der Waals surface area contributed by atoms with E-state index in [4.69, 9.17) is 4.74 Å². The van der Waals surface area contributed by atoms with Gasteiger partial charge in [-0.3, -0.25) is 9.69 Å². The Kier molecular flexibility index (Phi) is 7.39. The number of nitrogens with one attached hydrogen (secondary N) is 1. The second-order valence-corrected chi connectivity index (χ2v) is 6.81. The largest absolute Gasteiger partial charge is 0.383 e. The molecule has 144 valence electrons. The van der Waals surface area contributed by atoms with Gasteiger partial charge in [-0.2, -0.15) is 0 Å². The van der Waals surface area contributed by atoms with Gasteiger partial charge in [0.25, 0.3) is 0 Å². The normalized spacial score (nSPS) is 15.3. The van der Waals surface area contributed by atoms with Crippen molar-refractivity contribution in [2.75, 3.05) is 53.0 Å². The van der Waals surface area contributed by atoms with Gasteiger partial charge in [-0.25, -0.2) is 0 Å². The standard InChI is InChI=1S/C22H29N3O2/c1-27-17-12-23-18-21(26)24-13-15-25(16-14-24)22(19-8-4-2-5-9-19)20-10-6-3-7-11-20/h2-11,22-23H,12-18H2,1H3. The number of piperazine rings is 1. The minimum Gasteiger partial charge on any atom is -0.383 e. The minimum atomic E-state index is 0.168. The van der Waals surface area contributed by atoms with Crippen LogP contribution in [0.4, 0.5) is 0 Å². The van der Waals surface area contributed by atoms with Gasteiger partial charge in [0.15, 0.2) is 0 Å². The average molecular weight is 367 g/mol. The Balaban J connectivity index is 1.62. The van der Waals surface area contributed by atoms with Crippen molar-refractivity contribution >= 4 is 5.91 Å². The molecule has 2 aromatic carbocycles. The Hall–Kier alpha value is -2.21. The van der Waals surface area contributed by atoms with E-state index in [0.717, 1.165) is 26.2 Å². The van der Waals surface area contributed by atoms with Crippen molar-refractivity contribution in [1.29, 1.82) is 0 Å². The number of carbonyl (C=O) groups excluding carboxylic acids is 1. The zero-order valence-electron chi connectivity index (χ0n) is 16.0. The van der Waals surface area contributed by atoms with Crippen LogP contribution in [-0.2, 0) is 9.53 Å². The summed E-state index contributed by atoms with van der Waals surface area (Å²) in [5, 5.41) is 3.14. The molecular weight excluding hydrogens is 338 g/mol. The summed E-state index contributed by atoms with van der Waals surface area (Å²) in [4.78, 5) is 16.8. The number of hydrogen-bond donors (Lipinski definition) is 1. The Labute approximate surface area is 161 Å². The lowest BCUT2D eigenvalue weighted by Crippen LogP contribution is -2.51. The van der Waals surface area contributed by atoms with Crippen molar-refractivity contribution in [3.63, 3.8) is 0 Å². The maximum absolute atomic E-state index is 12.4. The van der Waals surface area contributed by atoms with Gasteiger partial charge in [0, 0.05) is 39.8 Å². The maximum atomic E-state index is 12.4. The van der Waals surface area contributed by atoms with Crippen LogP contribution in [0, 0.1) is 0 Å². The Morgan fingerprint density at radius 1 is 0.963 bits per heavy atom. The van der Waals surface area contributed by atoms with E-state index in [-0.39, 0.29) is 11.9 Å². The van der Waals surface area contributed by atoms with Gasteiger partial charge in [-0.05, 0) is 11.1 Å². The third kappa shape index (κ3) is 5.39. The lowest BCUT2D eigenvalue weighted by Gasteiger charge is -2.39. The molecule has 1 aliphatic heterocycles. The van der Waals surface area contributed by atoms with Gasteiger partial charge in [-0.15, -0.1) is 0 Å². The number of hydrogen-bond acceptors (Lipinski definition) is 4. The zero-order chi connectivity index (χ0) is 18.9. The Morgan fingerprint density at radius 3 is 2.04 bits per heavy atom. The summed E-state index contributed by atoms with van der Waals surface area (Å²) in [6, 6.07) is 21.5. The molecule has 5 nitrogen and oxygen atoms in total. The molecule has 0 radical (unpaired) electrons. The molecule has 1 fully saturated rings. The topological polar surface area (TPSA) is 44.8 Å². The van der Waals surface area contributed by atoms with E-state index in [9.17, 15) is 4.79 Å². The fourth-order valence-corrected chi connectivity index (χ4v) is 3.60. The summed E-state index contributed by atoms with van der Waals surface area (Å²) in [7, 11) is 1.67. The third-order valence-corrected chi connectivity index (χ3v) is 5.02. The fraction of sp³-hybridized carbons (Fsp3) is 0.409. The first-order chi connectivity index (χ1) is 13.3. The molecule has 5 heteroatoms. The molecule has 1 amide bonds. The number of ether oxygens (including phenoxy) is 1. The number of nitrogens with zero attached hydrogens (tertiary/aromatic N) is 2. The van der Waals surface area contributed by atoms with Gasteiger partial charge in [0.05, 0.1) is 19.2 Å². The summed E-state index contributed by atoms with van der Waals surface area (Å²) < 4.78 is 5.00. The van der Waals surface area contributed by atoms with Crippen LogP contribution in [0.15, 0.2) is 60.7 Å². The second-order valence-electron chi connectivity index (χ2n) is 6.81. The molecule has 1 N–H and O–H groups in total. The van der Waals surface area contributed by atoms with Crippen molar-refractivity contribution in [2.45, 2.75) is 6.04 Å². The van der Waals surface area contributed by atoms with Crippen LogP contribution in [0.1, 0.15) is 17.2 Å². The molecule has 3 rings (SSSR count). The van der Waals surface area contributed by atoms with Crippen molar-refractivity contribution in [1.82, 2.24) is 15.1 Å². The highest BCUT2D eigenvalue weighted by molar-refractivity contribution is 5.78. The number of carbonyl (C=O) groups is 1. The lowest BCUT2D eigenvalue weighted by molar-refractivity contribution is -0.132. The second kappa shape index (κ2) is 10.2. The van der Waals surface area contributed by atoms with E-state index in [2.05, 4.69) is 70.9 Å². The predicted octanol–water partition coefficient (Wildman–Crippen LogP) is 2.16. The molecule has 0 atom stereocenters. The van der Waals surface area contributed by atoms with E-state index in [1.54, 1.807) is 7.11 Å². The summed E-state index contributed by atoms with van der Waals surface area (Å²) in [6.45, 7) is 4.98. The quantitative estimate of drug-likeness (QED) is 0.726. The molecule has 1 saturated heterocycles. The number of benzene rings is 2. The van der Waals surface area contributed by atoms with Gasteiger partial charge in [-0.1, -0.05) is 60.7 Å². The van der Waals surface area contributed by atoms with Gasteiger partial charge in [0.1, 0.15) is 0 Å². The number of amides is 1. The molecule has 2 aromatic rings. The van der Waals surface area contributed by atoms with E-state index < -0.39 is 0 Å². The van der Waals surface area contributed by atoms with E-state index >= 15 is 0 Å². The van der Waals surface area contributed by atoms with E-state index in [1.165, 1.54) is 11.1 Å². The van der Waals surface area contributed by atoms with Crippen LogP contribution in [-0.4, -0.2) is 68.7 Å². The third-order valence-electron chi connectivity index (χ3n) is 5.02.